The summed E-state index contributed by atoms with van der Waals surface area (Å²) in [7, 11) is 0. The van der Waals surface area contributed by atoms with E-state index in [1.165, 1.54) is 24.6 Å². The zero-order chi connectivity index (χ0) is 18.8. The van der Waals surface area contributed by atoms with Crippen LogP contribution in [-0.4, -0.2) is 24.5 Å². The van der Waals surface area contributed by atoms with Crippen LogP contribution in [0.3, 0.4) is 0 Å². The number of thiophene rings is 1. The van der Waals surface area contributed by atoms with E-state index >= 15 is 0 Å². The molecule has 0 aliphatic heterocycles. The molecule has 2 aromatic rings. The predicted molar refractivity (Wildman–Crippen MR) is 101 cm³/mol. The Balaban J connectivity index is 1.60. The summed E-state index contributed by atoms with van der Waals surface area (Å²) in [5, 5.41) is 3.78. The van der Waals surface area contributed by atoms with Gasteiger partial charge in [0.1, 0.15) is 10.7 Å². The van der Waals surface area contributed by atoms with Crippen molar-refractivity contribution in [3.05, 3.63) is 33.9 Å². The van der Waals surface area contributed by atoms with Crippen molar-refractivity contribution in [2.45, 2.75) is 39.2 Å². The monoisotopic (exact) mass is 397 g/mol. The molecule has 1 aromatic heterocycles. The average Bonchev–Trinajstić information content (AvgIpc) is 2.93. The molecular weight excluding hydrogens is 377 g/mol. The largest absolute Gasteiger partial charge is 0.451 e. The third kappa shape index (κ3) is 4.01. The Labute approximate surface area is 160 Å². The average molecular weight is 398 g/mol. The van der Waals surface area contributed by atoms with Crippen molar-refractivity contribution in [2.75, 3.05) is 6.61 Å². The SMILES string of the molecule is CC1CCCC(NC(=O)COC(=O)c2sc3cc(F)ccc3c2Cl)C1C. The number of esters is 1. The van der Waals surface area contributed by atoms with Crippen LogP contribution in [0.4, 0.5) is 4.39 Å². The van der Waals surface area contributed by atoms with E-state index in [1.807, 2.05) is 0 Å². The predicted octanol–water partition coefficient (Wildman–Crippen LogP) is 4.79. The molecule has 1 saturated carbocycles. The van der Waals surface area contributed by atoms with Gasteiger partial charge in [-0.1, -0.05) is 38.3 Å². The van der Waals surface area contributed by atoms with E-state index in [0.29, 0.717) is 21.9 Å². The van der Waals surface area contributed by atoms with E-state index in [-0.39, 0.29) is 28.5 Å². The molecule has 1 heterocycles. The van der Waals surface area contributed by atoms with E-state index in [9.17, 15) is 14.0 Å². The third-order valence-corrected chi connectivity index (χ3v) is 6.80. The Morgan fingerprint density at radius 3 is 2.88 bits per heavy atom. The van der Waals surface area contributed by atoms with E-state index in [2.05, 4.69) is 19.2 Å². The van der Waals surface area contributed by atoms with E-state index in [1.54, 1.807) is 0 Å². The fourth-order valence-corrected chi connectivity index (χ4v) is 4.83. The molecule has 0 radical (unpaired) electrons. The number of halogens is 2. The Morgan fingerprint density at radius 2 is 2.12 bits per heavy atom. The van der Waals surface area contributed by atoms with Crippen LogP contribution >= 0.6 is 22.9 Å². The van der Waals surface area contributed by atoms with E-state index in [4.69, 9.17) is 16.3 Å². The molecule has 1 N–H and O–H groups in total. The summed E-state index contributed by atoms with van der Waals surface area (Å²) >= 11 is 7.25. The summed E-state index contributed by atoms with van der Waals surface area (Å²) < 4.78 is 19.0. The first-order valence-corrected chi connectivity index (χ1v) is 9.90. The van der Waals surface area contributed by atoms with Gasteiger partial charge in [0, 0.05) is 16.1 Å². The number of nitrogens with one attached hydrogen (secondary N) is 1. The number of carbonyl (C=O) groups is 2. The molecule has 1 aliphatic carbocycles. The summed E-state index contributed by atoms with van der Waals surface area (Å²) in [6.45, 7) is 3.97. The number of amides is 1. The number of ether oxygens (including phenoxy) is 1. The minimum atomic E-state index is -0.670. The Kier molecular flexibility index (Phi) is 5.82. The van der Waals surface area contributed by atoms with Crippen LogP contribution in [0.15, 0.2) is 18.2 Å². The second-order valence-electron chi connectivity index (χ2n) is 6.90. The van der Waals surface area contributed by atoms with Gasteiger partial charge in [-0.2, -0.15) is 0 Å². The molecule has 0 saturated heterocycles. The molecule has 1 fully saturated rings. The zero-order valence-electron chi connectivity index (χ0n) is 14.7. The number of carbonyl (C=O) groups excluding carboxylic acids is 2. The van der Waals surface area contributed by atoms with Gasteiger partial charge in [-0.05, 0) is 36.5 Å². The fraction of sp³-hybridized carbons (Fsp3) is 0.474. The van der Waals surface area contributed by atoms with Crippen LogP contribution in [0.2, 0.25) is 5.02 Å². The maximum atomic E-state index is 13.3. The number of hydrogen-bond acceptors (Lipinski definition) is 4. The number of benzene rings is 1. The summed E-state index contributed by atoms with van der Waals surface area (Å²) in [6, 6.07) is 4.25. The first kappa shape index (κ1) is 19.1. The minimum Gasteiger partial charge on any atom is -0.451 e. The highest BCUT2D eigenvalue weighted by Crippen LogP contribution is 2.36. The second kappa shape index (κ2) is 7.92. The molecule has 1 aliphatic rings. The number of rotatable bonds is 4. The van der Waals surface area contributed by atoms with E-state index in [0.717, 1.165) is 24.2 Å². The van der Waals surface area contributed by atoms with Gasteiger partial charge in [0.2, 0.25) is 0 Å². The van der Waals surface area contributed by atoms with E-state index < -0.39 is 11.8 Å². The molecule has 0 bridgehead atoms. The first-order valence-electron chi connectivity index (χ1n) is 8.71. The molecule has 3 rings (SSSR count). The highest BCUT2D eigenvalue weighted by molar-refractivity contribution is 7.21. The first-order chi connectivity index (χ1) is 12.4. The van der Waals surface area contributed by atoms with Gasteiger partial charge in [0.15, 0.2) is 6.61 Å². The maximum Gasteiger partial charge on any atom is 0.350 e. The molecule has 26 heavy (non-hydrogen) atoms. The highest BCUT2D eigenvalue weighted by atomic mass is 35.5. The lowest BCUT2D eigenvalue weighted by Gasteiger charge is -2.34. The quantitative estimate of drug-likeness (QED) is 0.754. The van der Waals surface area contributed by atoms with Crippen molar-refractivity contribution in [2.24, 2.45) is 11.8 Å². The second-order valence-corrected chi connectivity index (χ2v) is 8.33. The lowest BCUT2D eigenvalue weighted by atomic mass is 9.78. The molecular formula is C19H21ClFNO3S. The summed E-state index contributed by atoms with van der Waals surface area (Å²) in [5.41, 5.74) is 0. The van der Waals surface area contributed by atoms with Crippen LogP contribution in [0.1, 0.15) is 42.8 Å². The summed E-state index contributed by atoms with van der Waals surface area (Å²) in [5.74, 6) is -0.417. The Morgan fingerprint density at radius 1 is 1.35 bits per heavy atom. The minimum absolute atomic E-state index is 0.112. The van der Waals surface area contributed by atoms with Crippen molar-refractivity contribution in [3.63, 3.8) is 0 Å². The molecule has 0 spiro atoms. The Bertz CT molecular complexity index is 838. The Hall–Kier alpha value is -1.66. The molecule has 140 valence electrons. The molecule has 3 atom stereocenters. The van der Waals surface area contributed by atoms with Crippen LogP contribution in [0.5, 0.6) is 0 Å². The molecule has 3 unspecified atom stereocenters. The molecule has 7 heteroatoms. The smallest absolute Gasteiger partial charge is 0.350 e. The lowest BCUT2D eigenvalue weighted by Crippen LogP contribution is -2.45. The van der Waals surface area contributed by atoms with Gasteiger partial charge < -0.3 is 10.1 Å². The number of hydrogen-bond donors (Lipinski definition) is 1. The van der Waals surface area contributed by atoms with Crippen molar-refractivity contribution in [1.82, 2.24) is 5.32 Å². The fourth-order valence-electron chi connectivity index (χ4n) is 3.40. The normalized spacial score (nSPS) is 23.0. The van der Waals surface area contributed by atoms with Crippen LogP contribution in [0, 0.1) is 17.7 Å². The van der Waals surface area contributed by atoms with Crippen molar-refractivity contribution < 1.29 is 18.7 Å². The molecule has 1 amide bonds. The standard InChI is InChI=1S/C19H21ClFNO3S/c1-10-4-3-5-14(11(10)2)22-16(23)9-25-19(24)18-17(20)13-7-6-12(21)8-15(13)26-18/h6-8,10-11,14H,3-5,9H2,1-2H3,(H,22,23). The number of fused-ring (bicyclic) bond motifs is 1. The van der Waals surface area contributed by atoms with Crippen LogP contribution in [0.25, 0.3) is 10.1 Å². The van der Waals surface area contributed by atoms with Crippen molar-refractivity contribution in [3.8, 4) is 0 Å². The van der Waals surface area contributed by atoms with Crippen LogP contribution in [-0.2, 0) is 9.53 Å². The van der Waals surface area contributed by atoms with Crippen molar-refractivity contribution >= 4 is 44.9 Å². The van der Waals surface area contributed by atoms with Gasteiger partial charge in [-0.15, -0.1) is 11.3 Å². The zero-order valence-corrected chi connectivity index (χ0v) is 16.3. The topological polar surface area (TPSA) is 55.4 Å². The van der Waals surface area contributed by atoms with Crippen LogP contribution < -0.4 is 5.32 Å². The van der Waals surface area contributed by atoms with Gasteiger partial charge in [-0.3, -0.25) is 4.79 Å². The van der Waals surface area contributed by atoms with Gasteiger partial charge >= 0.3 is 5.97 Å². The summed E-state index contributed by atoms with van der Waals surface area (Å²) in [6.07, 6.45) is 3.21. The summed E-state index contributed by atoms with van der Waals surface area (Å²) in [4.78, 5) is 24.6. The molecule has 4 nitrogen and oxygen atoms in total. The van der Waals surface area contributed by atoms with Gasteiger partial charge in [0.05, 0.1) is 5.02 Å². The third-order valence-electron chi connectivity index (χ3n) is 5.16. The lowest BCUT2D eigenvalue weighted by molar-refractivity contribution is -0.125. The maximum absolute atomic E-state index is 13.3. The van der Waals surface area contributed by atoms with Crippen molar-refractivity contribution in [1.29, 1.82) is 0 Å². The highest BCUT2D eigenvalue weighted by Gasteiger charge is 2.28. The van der Waals surface area contributed by atoms with Gasteiger partial charge in [0.25, 0.3) is 5.91 Å². The van der Waals surface area contributed by atoms with Gasteiger partial charge in [-0.25, -0.2) is 9.18 Å². The molecule has 1 aromatic carbocycles.